The third-order valence-corrected chi connectivity index (χ3v) is 20.2. The maximum atomic E-state index is 14.3. The molecule has 0 amide bonds. The monoisotopic (exact) mass is 1430 g/mol. The second-order valence-electron chi connectivity index (χ2n) is 28.0. The van der Waals surface area contributed by atoms with Gasteiger partial charge in [0.1, 0.15) is 98.7 Å². The normalized spacial score (nSPS) is 28.0. The molecule has 0 spiro atoms. The third kappa shape index (κ3) is 37.4. The van der Waals surface area contributed by atoms with E-state index >= 15 is 0 Å². The van der Waals surface area contributed by atoms with Gasteiger partial charge in [0.25, 0.3) is 0 Å². The molecule has 25 heteroatoms. The molecule has 3 rings (SSSR count). The van der Waals surface area contributed by atoms with Crippen LogP contribution in [0.2, 0.25) is 0 Å². The summed E-state index contributed by atoms with van der Waals surface area (Å²) in [7, 11) is -5.70. The predicted molar refractivity (Wildman–Crippen MR) is 370 cm³/mol. The average molecular weight is 1430 g/mol. The van der Waals surface area contributed by atoms with Gasteiger partial charge in [0, 0.05) is 19.3 Å². The van der Waals surface area contributed by atoms with Crippen molar-refractivity contribution in [2.24, 2.45) is 5.92 Å². The Morgan fingerprint density at radius 3 is 1.21 bits per heavy atom. The number of hydrogen-bond donors (Lipinski definition) is 11. The predicted octanol–water partition coefficient (Wildman–Crippen LogP) is 10.6. The Bertz CT molecular complexity index is 2090. The molecule has 19 unspecified atom stereocenters. The molecule has 3 fully saturated rings. The van der Waals surface area contributed by atoms with Crippen molar-refractivity contribution in [1.29, 1.82) is 0 Å². The van der Waals surface area contributed by atoms with Crippen LogP contribution in [-0.4, -0.2) is 204 Å². The molecule has 2 heterocycles. The summed E-state index contributed by atoms with van der Waals surface area (Å²) in [6, 6.07) is 0. The van der Waals surface area contributed by atoms with Gasteiger partial charge in [-0.25, -0.2) is 4.57 Å². The standard InChI is InChI=1S/C73H135O24P/c1-5-8-11-14-17-19-21-23-25-26-28-30-36-41-46-57(75)89-50-54(92-59(77)48-43-38-31-29-27-24-22-20-18-15-12-9-6-2)51-91-98(87,88)97-71-69(95-72-67(85)62(80)60(78)55(49-74)93-72)65(83)64(82)66(84)70(71)96-73-68(86)63(81)61(79)56(94-73)52-90-58(76)47-42-37-33-32-35-40-45-53(4)44-39-34-16-13-10-7-3/h25-26,53-56,60-74,78-86H,5-24,27-52H2,1-4H3,(H,87,88)/b26-25-. The Hall–Kier alpha value is -2.30. The van der Waals surface area contributed by atoms with Gasteiger partial charge in [-0.05, 0) is 50.9 Å². The largest absolute Gasteiger partial charge is 0.472 e. The maximum Gasteiger partial charge on any atom is 0.472 e. The number of carbonyl (C=O) groups is 3. The number of aliphatic hydroxyl groups is 10. The summed E-state index contributed by atoms with van der Waals surface area (Å²) in [5.74, 6) is -1.30. The van der Waals surface area contributed by atoms with Crippen LogP contribution in [0.15, 0.2) is 12.2 Å². The van der Waals surface area contributed by atoms with Crippen LogP contribution in [0, 0.1) is 5.92 Å². The number of allylic oxidation sites excluding steroid dienone is 2. The van der Waals surface area contributed by atoms with E-state index in [1.165, 1.54) is 135 Å². The van der Waals surface area contributed by atoms with Crippen molar-refractivity contribution in [1.82, 2.24) is 0 Å². The van der Waals surface area contributed by atoms with E-state index in [0.29, 0.717) is 25.2 Å². The van der Waals surface area contributed by atoms with Crippen LogP contribution in [0.25, 0.3) is 0 Å². The first-order chi connectivity index (χ1) is 47.2. The van der Waals surface area contributed by atoms with E-state index in [-0.39, 0.29) is 19.3 Å². The molecule has 0 aromatic heterocycles. The number of aliphatic hydroxyl groups excluding tert-OH is 10. The quantitative estimate of drug-likeness (QED) is 0.00886. The van der Waals surface area contributed by atoms with Gasteiger partial charge < -0.3 is 89.1 Å². The molecule has 0 aromatic rings. The SMILES string of the molecule is CCCCCCCCC/C=C\CCCCCC(=O)OCC(COP(=O)(O)OC1C(OC2OC(CO)C(O)C(O)C2O)C(O)C(O)C(O)C1OC1OC(COC(=O)CCCCCCCCC(C)CCCCCCCC)C(O)C(O)C1O)OC(=O)CCCCCCCCCCCCCCC. The van der Waals surface area contributed by atoms with Gasteiger partial charge in [0.15, 0.2) is 18.7 Å². The fourth-order valence-corrected chi connectivity index (χ4v) is 13.8. The van der Waals surface area contributed by atoms with Crippen LogP contribution >= 0.6 is 7.82 Å². The molecule has 576 valence electrons. The highest BCUT2D eigenvalue weighted by molar-refractivity contribution is 7.47. The van der Waals surface area contributed by atoms with Crippen molar-refractivity contribution in [2.75, 3.05) is 26.4 Å². The molecule has 98 heavy (non-hydrogen) atoms. The Labute approximate surface area is 586 Å². The smallest absolute Gasteiger partial charge is 0.463 e. The first kappa shape index (κ1) is 89.9. The molecule has 2 aliphatic heterocycles. The van der Waals surface area contributed by atoms with Gasteiger partial charge in [0.2, 0.25) is 0 Å². The van der Waals surface area contributed by atoms with E-state index in [4.69, 9.17) is 42.2 Å². The molecule has 1 aliphatic carbocycles. The number of phosphoric ester groups is 1. The fourth-order valence-electron chi connectivity index (χ4n) is 12.8. The van der Waals surface area contributed by atoms with Crippen molar-refractivity contribution in [2.45, 2.75) is 402 Å². The van der Waals surface area contributed by atoms with Gasteiger partial charge in [-0.1, -0.05) is 245 Å². The minimum absolute atomic E-state index is 0.0275. The number of phosphoric acid groups is 1. The zero-order chi connectivity index (χ0) is 71.9. The Kier molecular flexibility index (Phi) is 49.9. The molecule has 2 saturated heterocycles. The summed E-state index contributed by atoms with van der Waals surface area (Å²) >= 11 is 0. The summed E-state index contributed by atoms with van der Waals surface area (Å²) in [5, 5.41) is 110. The maximum absolute atomic E-state index is 14.3. The van der Waals surface area contributed by atoms with Crippen LogP contribution < -0.4 is 0 Å². The minimum Gasteiger partial charge on any atom is -0.463 e. The van der Waals surface area contributed by atoms with Gasteiger partial charge in [-0.15, -0.1) is 0 Å². The van der Waals surface area contributed by atoms with E-state index in [1.54, 1.807) is 0 Å². The van der Waals surface area contributed by atoms with E-state index in [0.717, 1.165) is 96.3 Å². The lowest BCUT2D eigenvalue weighted by molar-refractivity contribution is -0.360. The van der Waals surface area contributed by atoms with Crippen LogP contribution in [0.4, 0.5) is 0 Å². The van der Waals surface area contributed by atoms with Crippen molar-refractivity contribution in [3.8, 4) is 0 Å². The molecular formula is C73H135O24P. The van der Waals surface area contributed by atoms with Crippen molar-refractivity contribution < 1.29 is 117 Å². The molecule has 0 radical (unpaired) electrons. The summed E-state index contributed by atoms with van der Waals surface area (Å²) in [6.45, 7) is 5.75. The van der Waals surface area contributed by atoms with Crippen LogP contribution in [0.5, 0.6) is 0 Å². The summed E-state index contributed by atoms with van der Waals surface area (Å²) in [6.07, 6.45) is 11.4. The third-order valence-electron chi connectivity index (χ3n) is 19.2. The van der Waals surface area contributed by atoms with Gasteiger partial charge in [0.05, 0.1) is 13.2 Å². The lowest BCUT2D eigenvalue weighted by Gasteiger charge is -2.49. The van der Waals surface area contributed by atoms with E-state index in [2.05, 4.69) is 39.8 Å². The van der Waals surface area contributed by atoms with Crippen molar-refractivity contribution >= 4 is 25.7 Å². The van der Waals surface area contributed by atoms with E-state index in [1.807, 2.05) is 0 Å². The molecule has 0 aromatic carbocycles. The van der Waals surface area contributed by atoms with E-state index in [9.17, 15) is 74.9 Å². The Morgan fingerprint density at radius 1 is 0.418 bits per heavy atom. The van der Waals surface area contributed by atoms with Crippen LogP contribution in [0.3, 0.4) is 0 Å². The lowest BCUT2D eigenvalue weighted by atomic mass is 9.84. The number of esters is 3. The van der Waals surface area contributed by atoms with Crippen molar-refractivity contribution in [3.63, 3.8) is 0 Å². The second kappa shape index (κ2) is 54.3. The zero-order valence-electron chi connectivity index (χ0n) is 60.2. The first-order valence-electron chi connectivity index (χ1n) is 38.4. The molecule has 24 nitrogen and oxygen atoms in total. The lowest BCUT2D eigenvalue weighted by Crippen LogP contribution is -2.69. The molecule has 1 saturated carbocycles. The number of carbonyl (C=O) groups excluding carboxylic acids is 3. The average Bonchev–Trinajstić information content (AvgIpc) is 0.762. The number of hydrogen-bond acceptors (Lipinski definition) is 23. The summed E-state index contributed by atoms with van der Waals surface area (Å²) in [5.41, 5.74) is 0. The van der Waals surface area contributed by atoms with Gasteiger partial charge >= 0.3 is 25.7 Å². The van der Waals surface area contributed by atoms with Crippen LogP contribution in [-0.2, 0) is 61.2 Å². The zero-order valence-corrected chi connectivity index (χ0v) is 61.1. The highest BCUT2D eigenvalue weighted by Gasteiger charge is 2.58. The minimum atomic E-state index is -5.70. The first-order valence-corrected chi connectivity index (χ1v) is 39.9. The molecule has 11 N–H and O–H groups in total. The highest BCUT2D eigenvalue weighted by atomic mass is 31.2. The summed E-state index contributed by atoms with van der Waals surface area (Å²) < 4.78 is 65.0. The Balaban J connectivity index is 1.73. The Morgan fingerprint density at radius 2 is 0.776 bits per heavy atom. The highest BCUT2D eigenvalue weighted by Crippen LogP contribution is 2.49. The van der Waals surface area contributed by atoms with Crippen LogP contribution in [0.1, 0.15) is 297 Å². The van der Waals surface area contributed by atoms with Gasteiger partial charge in [-0.3, -0.25) is 23.4 Å². The number of ether oxygens (including phenoxy) is 7. The summed E-state index contributed by atoms with van der Waals surface area (Å²) in [4.78, 5) is 51.0. The molecule has 3 aliphatic rings. The molecule has 19 atom stereocenters. The molecule has 0 bridgehead atoms. The number of rotatable bonds is 59. The fraction of sp³-hybridized carbons (Fsp3) is 0.932. The molecular weight excluding hydrogens is 1290 g/mol. The number of unbranched alkanes of at least 4 members (excludes halogenated alkanes) is 32. The van der Waals surface area contributed by atoms with Gasteiger partial charge in [-0.2, -0.15) is 0 Å². The second-order valence-corrected chi connectivity index (χ2v) is 29.4. The van der Waals surface area contributed by atoms with E-state index < -0.39 is 156 Å². The van der Waals surface area contributed by atoms with Crippen molar-refractivity contribution in [3.05, 3.63) is 12.2 Å². The topological polar surface area (TPSA) is 374 Å².